The Morgan fingerprint density at radius 2 is 0.500 bits per heavy atom. The third kappa shape index (κ3) is 7.03. The Morgan fingerprint density at radius 3 is 0.750 bits per heavy atom. The van der Waals surface area contributed by atoms with Crippen molar-refractivity contribution in [2.45, 2.75) is 0 Å². The molecule has 274 valence electrons. The molecule has 0 aliphatic carbocycles. The summed E-state index contributed by atoms with van der Waals surface area (Å²) in [4.78, 5) is 14.4. The first-order chi connectivity index (χ1) is 27.1. The van der Waals surface area contributed by atoms with Gasteiger partial charge in [-0.15, -0.1) is 0 Å². The number of halogens is 4. The second-order valence-electron chi connectivity index (χ2n) is 12.9. The maximum atomic E-state index is 14.9. The van der Waals surface area contributed by atoms with E-state index in [0.29, 0.717) is 60.4 Å². The molecular formula is C45H29F4N3O2P2. The molecule has 7 aromatic carbocycles. The number of rotatable bonds is 9. The van der Waals surface area contributed by atoms with Crippen molar-refractivity contribution in [1.82, 2.24) is 15.0 Å². The van der Waals surface area contributed by atoms with Crippen molar-refractivity contribution < 1.29 is 26.7 Å². The minimum Gasteiger partial charge on any atom is -0.309 e. The molecule has 0 aliphatic heterocycles. The highest BCUT2D eigenvalue weighted by Crippen LogP contribution is 2.44. The van der Waals surface area contributed by atoms with Gasteiger partial charge in [-0.05, 0) is 97.1 Å². The highest BCUT2D eigenvalue weighted by Gasteiger charge is 2.31. The van der Waals surface area contributed by atoms with E-state index in [1.165, 1.54) is 97.1 Å². The monoisotopic (exact) mass is 781 g/mol. The fourth-order valence-corrected chi connectivity index (χ4v) is 11.7. The summed E-state index contributed by atoms with van der Waals surface area (Å²) in [6.45, 7) is 0. The average molecular weight is 782 g/mol. The molecule has 0 N–H and O–H groups in total. The summed E-state index contributed by atoms with van der Waals surface area (Å²) in [5.74, 6) is -0.848. The van der Waals surface area contributed by atoms with E-state index in [9.17, 15) is 26.7 Å². The minimum atomic E-state index is -3.56. The van der Waals surface area contributed by atoms with Crippen LogP contribution in [0.4, 0.5) is 17.6 Å². The van der Waals surface area contributed by atoms with E-state index in [1.807, 2.05) is 30.3 Å². The normalized spacial score (nSPS) is 11.7. The van der Waals surface area contributed by atoms with Crippen LogP contribution >= 0.6 is 14.3 Å². The lowest BCUT2D eigenvalue weighted by atomic mass is 10.1. The second kappa shape index (κ2) is 15.1. The Kier molecular flexibility index (Phi) is 9.90. The van der Waals surface area contributed by atoms with Crippen molar-refractivity contribution in [3.63, 3.8) is 0 Å². The molecule has 0 atom stereocenters. The van der Waals surface area contributed by atoms with Crippen LogP contribution in [0.5, 0.6) is 0 Å². The van der Waals surface area contributed by atoms with E-state index in [4.69, 9.17) is 15.0 Å². The van der Waals surface area contributed by atoms with Crippen molar-refractivity contribution in [2.75, 3.05) is 0 Å². The molecule has 56 heavy (non-hydrogen) atoms. The first kappa shape index (κ1) is 36.7. The summed E-state index contributed by atoms with van der Waals surface area (Å²) in [5.41, 5.74) is 1.92. The highest BCUT2D eigenvalue weighted by molar-refractivity contribution is 7.85. The lowest BCUT2D eigenvalue weighted by molar-refractivity contribution is 0.591. The number of aromatic nitrogens is 3. The number of nitrogens with zero attached hydrogens (tertiary/aromatic N) is 3. The van der Waals surface area contributed by atoms with Gasteiger partial charge in [-0.3, -0.25) is 0 Å². The molecule has 0 spiro atoms. The van der Waals surface area contributed by atoms with Gasteiger partial charge in [-0.2, -0.15) is 0 Å². The first-order valence-electron chi connectivity index (χ1n) is 17.4. The maximum absolute atomic E-state index is 14.9. The molecule has 0 fully saturated rings. The van der Waals surface area contributed by atoms with Gasteiger partial charge in [-0.1, -0.05) is 78.9 Å². The molecule has 1 aromatic heterocycles. The molecule has 1 heterocycles. The van der Waals surface area contributed by atoms with Gasteiger partial charge in [0, 0.05) is 48.5 Å². The van der Waals surface area contributed by atoms with Crippen LogP contribution in [0.3, 0.4) is 0 Å². The van der Waals surface area contributed by atoms with Crippen molar-refractivity contribution in [1.29, 1.82) is 0 Å². The molecular weight excluding hydrogens is 752 g/mol. The van der Waals surface area contributed by atoms with Gasteiger partial charge in [0.2, 0.25) is 0 Å². The zero-order valence-corrected chi connectivity index (χ0v) is 31.1. The molecule has 0 saturated carbocycles. The standard InChI is InChI=1S/C45H29F4N3O2P2/c46-33-10-22-39(23-11-33)55(53,40-24-12-34(47)13-25-40)37-18-6-31(7-19-37)44-50-43(30-4-2-1-3-5-30)51-45(52-44)32-8-20-38(21-9-32)56(54,41-26-14-35(48)15-27-41)42-28-16-36(49)17-29-42/h1-29H. The molecule has 0 radical (unpaired) electrons. The van der Waals surface area contributed by atoms with Crippen molar-refractivity contribution >= 4 is 46.1 Å². The summed E-state index contributed by atoms with van der Waals surface area (Å²) in [7, 11) is -7.11. The minimum absolute atomic E-state index is 0.325. The summed E-state index contributed by atoms with van der Waals surface area (Å²) in [6.07, 6.45) is 0. The Hall–Kier alpha value is -6.27. The predicted molar refractivity (Wildman–Crippen MR) is 215 cm³/mol. The third-order valence-corrected chi connectivity index (χ3v) is 15.6. The van der Waals surface area contributed by atoms with Crippen LogP contribution in [0.2, 0.25) is 0 Å². The molecule has 0 saturated heterocycles. The van der Waals surface area contributed by atoms with E-state index >= 15 is 0 Å². The van der Waals surface area contributed by atoms with Gasteiger partial charge in [0.25, 0.3) is 0 Å². The number of hydrogen-bond donors (Lipinski definition) is 0. The topological polar surface area (TPSA) is 72.8 Å². The molecule has 5 nitrogen and oxygen atoms in total. The summed E-state index contributed by atoms with van der Waals surface area (Å²) in [6, 6.07) is 44.9. The van der Waals surface area contributed by atoms with E-state index < -0.39 is 37.6 Å². The highest BCUT2D eigenvalue weighted by atomic mass is 31.2. The average Bonchev–Trinajstić information content (AvgIpc) is 3.24. The Bertz CT molecular complexity index is 2480. The van der Waals surface area contributed by atoms with E-state index in [0.717, 1.165) is 5.56 Å². The fraction of sp³-hybridized carbons (Fsp3) is 0. The quantitative estimate of drug-likeness (QED) is 0.108. The SMILES string of the molecule is O=P(c1ccc(F)cc1)(c1ccc(F)cc1)c1ccc(-c2nc(-c3ccccc3)nc(-c3ccc(P(=O)(c4ccc(F)cc4)c4ccc(F)cc4)cc3)n2)cc1. The van der Waals surface area contributed by atoms with Crippen molar-refractivity contribution in [3.8, 4) is 34.2 Å². The lowest BCUT2D eigenvalue weighted by Gasteiger charge is -2.20. The summed E-state index contributed by atoms with van der Waals surface area (Å²) < 4.78 is 85.6. The Morgan fingerprint density at radius 1 is 0.286 bits per heavy atom. The van der Waals surface area contributed by atoms with Crippen LogP contribution in [0, 0.1) is 23.3 Å². The van der Waals surface area contributed by atoms with E-state index in [2.05, 4.69) is 0 Å². The van der Waals surface area contributed by atoms with Gasteiger partial charge < -0.3 is 9.13 Å². The van der Waals surface area contributed by atoms with E-state index in [-0.39, 0.29) is 0 Å². The predicted octanol–water partition coefficient (Wildman–Crippen LogP) is 8.71. The van der Waals surface area contributed by atoms with Gasteiger partial charge in [0.1, 0.15) is 23.3 Å². The molecule has 8 aromatic rings. The number of hydrogen-bond acceptors (Lipinski definition) is 5. The molecule has 0 aliphatic rings. The van der Waals surface area contributed by atoms with Gasteiger partial charge in [0.05, 0.1) is 0 Å². The Balaban J connectivity index is 1.21. The van der Waals surface area contributed by atoms with Gasteiger partial charge >= 0.3 is 0 Å². The van der Waals surface area contributed by atoms with Crippen LogP contribution in [-0.4, -0.2) is 15.0 Å². The second-order valence-corrected chi connectivity index (χ2v) is 18.4. The maximum Gasteiger partial charge on any atom is 0.171 e. The molecule has 11 heteroatoms. The van der Waals surface area contributed by atoms with Gasteiger partial charge in [0.15, 0.2) is 31.8 Å². The first-order valence-corrected chi connectivity index (χ1v) is 20.8. The summed E-state index contributed by atoms with van der Waals surface area (Å²) in [5, 5.41) is 2.44. The zero-order chi connectivity index (χ0) is 38.9. The van der Waals surface area contributed by atoms with Crippen LogP contribution in [0.25, 0.3) is 34.2 Å². The van der Waals surface area contributed by atoms with E-state index in [1.54, 1.807) is 48.5 Å². The van der Waals surface area contributed by atoms with Crippen LogP contribution < -0.4 is 31.8 Å². The molecule has 0 amide bonds. The summed E-state index contributed by atoms with van der Waals surface area (Å²) >= 11 is 0. The molecule has 0 unspecified atom stereocenters. The fourth-order valence-electron chi connectivity index (χ4n) is 6.49. The smallest absolute Gasteiger partial charge is 0.171 e. The van der Waals surface area contributed by atoms with Crippen molar-refractivity contribution in [3.05, 3.63) is 199 Å². The molecule has 0 bridgehead atoms. The largest absolute Gasteiger partial charge is 0.309 e. The molecule has 8 rings (SSSR count). The van der Waals surface area contributed by atoms with Crippen LogP contribution in [0.15, 0.2) is 176 Å². The van der Waals surface area contributed by atoms with Crippen molar-refractivity contribution in [2.24, 2.45) is 0 Å². The van der Waals surface area contributed by atoms with Crippen LogP contribution in [-0.2, 0) is 9.13 Å². The zero-order valence-electron chi connectivity index (χ0n) is 29.3. The number of benzene rings is 7. The van der Waals surface area contributed by atoms with Crippen LogP contribution in [0.1, 0.15) is 0 Å². The lowest BCUT2D eigenvalue weighted by Crippen LogP contribution is -2.25. The Labute approximate surface area is 320 Å². The third-order valence-electron chi connectivity index (χ3n) is 9.41. The van der Waals surface area contributed by atoms with Gasteiger partial charge in [-0.25, -0.2) is 32.5 Å².